The van der Waals surface area contributed by atoms with E-state index < -0.39 is 0 Å². The Morgan fingerprint density at radius 1 is 1.60 bits per heavy atom. The van der Waals surface area contributed by atoms with Crippen LogP contribution in [-0.2, 0) is 4.74 Å². The van der Waals surface area contributed by atoms with Crippen molar-refractivity contribution in [3.05, 3.63) is 20.8 Å². The summed E-state index contributed by atoms with van der Waals surface area (Å²) >= 11 is 5.29. The molecule has 2 unspecified atom stereocenters. The van der Waals surface area contributed by atoms with Gasteiger partial charge in [0.25, 0.3) is 0 Å². The van der Waals surface area contributed by atoms with E-state index in [0.717, 1.165) is 19.7 Å². The predicted molar refractivity (Wildman–Crippen MR) is 67.4 cm³/mol. The van der Waals surface area contributed by atoms with E-state index in [1.54, 1.807) is 11.3 Å². The van der Waals surface area contributed by atoms with Crippen LogP contribution in [0.3, 0.4) is 0 Å². The van der Waals surface area contributed by atoms with Crippen molar-refractivity contribution in [2.75, 3.05) is 19.7 Å². The number of hydrogen-bond acceptors (Lipinski definition) is 3. The van der Waals surface area contributed by atoms with Gasteiger partial charge < -0.3 is 10.1 Å². The lowest BCUT2D eigenvalue weighted by molar-refractivity contribution is 0.0935. The molecular weight excluding hydrogens is 274 g/mol. The molecule has 0 aliphatic carbocycles. The molecule has 1 saturated heterocycles. The second-order valence-electron chi connectivity index (χ2n) is 3.79. The Kier molecular flexibility index (Phi) is 4.20. The molecule has 1 N–H and O–H groups in total. The molecule has 1 aliphatic rings. The van der Waals surface area contributed by atoms with E-state index in [0.29, 0.717) is 12.0 Å². The molecule has 0 saturated carbocycles. The third kappa shape index (κ3) is 2.81. The molecule has 1 aromatic rings. The lowest BCUT2D eigenvalue weighted by Crippen LogP contribution is -2.24. The largest absolute Gasteiger partial charge is 0.372 e. The van der Waals surface area contributed by atoms with Gasteiger partial charge in [-0.25, -0.2) is 0 Å². The van der Waals surface area contributed by atoms with Gasteiger partial charge in [0.1, 0.15) is 0 Å². The van der Waals surface area contributed by atoms with Crippen LogP contribution in [0.15, 0.2) is 15.9 Å². The SMILES string of the molecule is CCNCC1CCOC1c1ccc(Br)s1. The molecule has 1 aliphatic heterocycles. The van der Waals surface area contributed by atoms with Gasteiger partial charge >= 0.3 is 0 Å². The van der Waals surface area contributed by atoms with Crippen molar-refractivity contribution in [3.63, 3.8) is 0 Å². The molecule has 0 bridgehead atoms. The van der Waals surface area contributed by atoms with Crippen LogP contribution >= 0.6 is 27.3 Å². The Hall–Kier alpha value is 0.1000. The minimum atomic E-state index is 0.306. The van der Waals surface area contributed by atoms with E-state index in [4.69, 9.17) is 4.74 Å². The highest BCUT2D eigenvalue weighted by Gasteiger charge is 2.30. The van der Waals surface area contributed by atoms with E-state index >= 15 is 0 Å². The average Bonchev–Trinajstić information content (AvgIpc) is 2.82. The molecule has 84 valence electrons. The van der Waals surface area contributed by atoms with Gasteiger partial charge in [-0.05, 0) is 41.0 Å². The highest BCUT2D eigenvalue weighted by molar-refractivity contribution is 9.11. The Morgan fingerprint density at radius 2 is 2.47 bits per heavy atom. The lowest BCUT2D eigenvalue weighted by Gasteiger charge is -2.17. The molecular formula is C11H16BrNOS. The van der Waals surface area contributed by atoms with Gasteiger partial charge in [-0.1, -0.05) is 6.92 Å². The first kappa shape index (κ1) is 11.6. The van der Waals surface area contributed by atoms with Crippen LogP contribution in [0.5, 0.6) is 0 Å². The highest BCUT2D eigenvalue weighted by atomic mass is 79.9. The summed E-state index contributed by atoms with van der Waals surface area (Å²) in [6.07, 6.45) is 1.48. The second-order valence-corrected chi connectivity index (χ2v) is 6.28. The monoisotopic (exact) mass is 289 g/mol. The number of ether oxygens (including phenoxy) is 1. The number of rotatable bonds is 4. The minimum Gasteiger partial charge on any atom is -0.372 e. The van der Waals surface area contributed by atoms with Crippen LogP contribution in [0.25, 0.3) is 0 Å². The zero-order valence-electron chi connectivity index (χ0n) is 8.83. The molecule has 0 radical (unpaired) electrons. The van der Waals surface area contributed by atoms with Crippen molar-refractivity contribution in [3.8, 4) is 0 Å². The molecule has 15 heavy (non-hydrogen) atoms. The maximum Gasteiger partial charge on any atom is 0.0958 e. The molecule has 1 aromatic heterocycles. The van der Waals surface area contributed by atoms with Crippen LogP contribution in [0, 0.1) is 5.92 Å². The van der Waals surface area contributed by atoms with Gasteiger partial charge in [0.15, 0.2) is 0 Å². The summed E-state index contributed by atoms with van der Waals surface area (Å²) in [5.74, 6) is 0.635. The zero-order valence-corrected chi connectivity index (χ0v) is 11.2. The first-order valence-corrected chi connectivity index (χ1v) is 6.99. The Labute approximate surface area is 103 Å². The van der Waals surface area contributed by atoms with Gasteiger partial charge in [-0.2, -0.15) is 0 Å². The molecule has 2 rings (SSSR count). The molecule has 2 atom stereocenters. The zero-order chi connectivity index (χ0) is 10.7. The Bertz CT molecular complexity index is 315. The fraction of sp³-hybridized carbons (Fsp3) is 0.636. The molecule has 2 nitrogen and oxygen atoms in total. The van der Waals surface area contributed by atoms with Crippen LogP contribution in [-0.4, -0.2) is 19.7 Å². The maximum atomic E-state index is 5.81. The fourth-order valence-electron chi connectivity index (χ4n) is 1.97. The van der Waals surface area contributed by atoms with Gasteiger partial charge in [-0.15, -0.1) is 11.3 Å². The smallest absolute Gasteiger partial charge is 0.0958 e. The van der Waals surface area contributed by atoms with Crippen molar-refractivity contribution in [1.82, 2.24) is 5.32 Å². The highest BCUT2D eigenvalue weighted by Crippen LogP contribution is 2.38. The van der Waals surface area contributed by atoms with E-state index in [1.165, 1.54) is 15.1 Å². The van der Waals surface area contributed by atoms with Gasteiger partial charge in [0, 0.05) is 23.9 Å². The number of hydrogen-bond donors (Lipinski definition) is 1. The number of nitrogens with one attached hydrogen (secondary N) is 1. The van der Waals surface area contributed by atoms with E-state index in [9.17, 15) is 0 Å². The number of thiophene rings is 1. The third-order valence-electron chi connectivity index (χ3n) is 2.75. The van der Waals surface area contributed by atoms with Crippen molar-refractivity contribution in [2.45, 2.75) is 19.4 Å². The van der Waals surface area contributed by atoms with Crippen molar-refractivity contribution < 1.29 is 4.74 Å². The van der Waals surface area contributed by atoms with Gasteiger partial charge in [0.2, 0.25) is 0 Å². The maximum absolute atomic E-state index is 5.81. The first-order valence-electron chi connectivity index (χ1n) is 5.39. The van der Waals surface area contributed by atoms with Crippen LogP contribution in [0.1, 0.15) is 24.3 Å². The quantitative estimate of drug-likeness (QED) is 0.919. The molecule has 0 aromatic carbocycles. The summed E-state index contributed by atoms with van der Waals surface area (Å²) < 4.78 is 7.00. The standard InChI is InChI=1S/C11H16BrNOS/c1-2-13-7-8-5-6-14-11(8)9-3-4-10(12)15-9/h3-4,8,11,13H,2,5-7H2,1H3. The summed E-state index contributed by atoms with van der Waals surface area (Å²) in [7, 11) is 0. The minimum absolute atomic E-state index is 0.306. The van der Waals surface area contributed by atoms with Gasteiger partial charge in [0.05, 0.1) is 9.89 Å². The van der Waals surface area contributed by atoms with Crippen molar-refractivity contribution in [1.29, 1.82) is 0 Å². The van der Waals surface area contributed by atoms with Gasteiger partial charge in [-0.3, -0.25) is 0 Å². The fourth-order valence-corrected chi connectivity index (χ4v) is 3.54. The van der Waals surface area contributed by atoms with Crippen molar-refractivity contribution >= 4 is 27.3 Å². The first-order chi connectivity index (χ1) is 7.31. The van der Waals surface area contributed by atoms with Crippen LogP contribution in [0.4, 0.5) is 0 Å². The Morgan fingerprint density at radius 3 is 3.13 bits per heavy atom. The molecule has 2 heterocycles. The molecule has 4 heteroatoms. The molecule has 0 amide bonds. The van der Waals surface area contributed by atoms with Crippen LogP contribution < -0.4 is 5.32 Å². The van der Waals surface area contributed by atoms with E-state index in [1.807, 2.05) is 0 Å². The molecule has 0 spiro atoms. The van der Waals surface area contributed by atoms with Crippen LogP contribution in [0.2, 0.25) is 0 Å². The second kappa shape index (κ2) is 5.43. The molecule has 1 fully saturated rings. The Balaban J connectivity index is 2.01. The lowest BCUT2D eigenvalue weighted by atomic mass is 10.0. The summed E-state index contributed by atoms with van der Waals surface area (Å²) in [5, 5.41) is 3.41. The predicted octanol–water partition coefficient (Wildman–Crippen LogP) is 3.20. The summed E-state index contributed by atoms with van der Waals surface area (Å²) in [6, 6.07) is 4.27. The summed E-state index contributed by atoms with van der Waals surface area (Å²) in [5.41, 5.74) is 0. The van der Waals surface area contributed by atoms with E-state index in [2.05, 4.69) is 40.3 Å². The number of halogens is 1. The summed E-state index contributed by atoms with van der Waals surface area (Å²) in [4.78, 5) is 1.35. The summed E-state index contributed by atoms with van der Waals surface area (Å²) in [6.45, 7) is 5.15. The normalized spacial score (nSPS) is 26.0. The topological polar surface area (TPSA) is 21.3 Å². The van der Waals surface area contributed by atoms with Crippen molar-refractivity contribution in [2.24, 2.45) is 5.92 Å². The average molecular weight is 290 g/mol. The van der Waals surface area contributed by atoms with E-state index in [-0.39, 0.29) is 0 Å². The third-order valence-corrected chi connectivity index (χ3v) is 4.43.